The number of hydrogen-bond donors (Lipinski definition) is 2. The van der Waals surface area contributed by atoms with Crippen LogP contribution in [0, 0.1) is 0 Å². The van der Waals surface area contributed by atoms with Gasteiger partial charge in [-0.25, -0.2) is 0 Å². The second kappa shape index (κ2) is 6.55. The van der Waals surface area contributed by atoms with Crippen LogP contribution in [0.4, 0.5) is 5.69 Å². The number of nitrogens with one attached hydrogen (secondary N) is 2. The highest BCUT2D eigenvalue weighted by molar-refractivity contribution is 6.04. The molecule has 0 saturated heterocycles. The molecule has 1 amide bonds. The Labute approximate surface area is 124 Å². The van der Waals surface area contributed by atoms with Crippen molar-refractivity contribution in [1.29, 1.82) is 0 Å². The van der Waals surface area contributed by atoms with E-state index in [-0.39, 0.29) is 18.3 Å². The summed E-state index contributed by atoms with van der Waals surface area (Å²) in [6.45, 7) is 1.88. The Morgan fingerprint density at radius 2 is 1.85 bits per heavy atom. The minimum absolute atomic E-state index is 0. The Bertz CT molecular complexity index is 599. The van der Waals surface area contributed by atoms with E-state index in [1.165, 1.54) is 11.1 Å². The number of hydrogen-bond acceptors (Lipinski definition) is 2. The average Bonchev–Trinajstić information content (AvgIpc) is 2.48. The molecular formula is C16H17ClN2O. The van der Waals surface area contributed by atoms with Crippen molar-refractivity contribution in [3.8, 4) is 0 Å². The van der Waals surface area contributed by atoms with Crippen molar-refractivity contribution in [3.05, 3.63) is 65.2 Å². The molecule has 1 aliphatic heterocycles. The Balaban J connectivity index is 0.00000147. The number of carbonyl (C=O) groups excluding carboxylic acids is 1. The molecule has 1 heterocycles. The highest BCUT2D eigenvalue weighted by atomic mass is 35.5. The van der Waals surface area contributed by atoms with Crippen LogP contribution in [0.2, 0.25) is 0 Å². The van der Waals surface area contributed by atoms with Crippen LogP contribution in [0.25, 0.3) is 0 Å². The topological polar surface area (TPSA) is 41.1 Å². The molecule has 3 rings (SSSR count). The van der Waals surface area contributed by atoms with E-state index in [4.69, 9.17) is 0 Å². The van der Waals surface area contributed by atoms with Gasteiger partial charge >= 0.3 is 0 Å². The average molecular weight is 289 g/mol. The molecule has 1 aliphatic rings. The van der Waals surface area contributed by atoms with E-state index in [0.29, 0.717) is 0 Å². The molecule has 3 nitrogen and oxygen atoms in total. The van der Waals surface area contributed by atoms with Crippen molar-refractivity contribution in [1.82, 2.24) is 5.32 Å². The Morgan fingerprint density at radius 1 is 1.05 bits per heavy atom. The van der Waals surface area contributed by atoms with Crippen LogP contribution >= 0.6 is 12.4 Å². The number of anilines is 1. The van der Waals surface area contributed by atoms with Crippen LogP contribution in [0.1, 0.15) is 21.5 Å². The molecule has 4 heteroatoms. The number of fused-ring (bicyclic) bond motifs is 1. The number of rotatable bonds is 2. The van der Waals surface area contributed by atoms with E-state index < -0.39 is 0 Å². The minimum atomic E-state index is -0.0486. The molecule has 0 aromatic heterocycles. The lowest BCUT2D eigenvalue weighted by Crippen LogP contribution is -2.24. The zero-order valence-electron chi connectivity index (χ0n) is 11.1. The maximum Gasteiger partial charge on any atom is 0.255 e. The van der Waals surface area contributed by atoms with Crippen molar-refractivity contribution in [2.24, 2.45) is 0 Å². The van der Waals surface area contributed by atoms with E-state index in [0.717, 1.165) is 30.8 Å². The Morgan fingerprint density at radius 3 is 2.65 bits per heavy atom. The number of benzene rings is 2. The van der Waals surface area contributed by atoms with Crippen LogP contribution in [0.3, 0.4) is 0 Å². The van der Waals surface area contributed by atoms with Crippen LogP contribution < -0.4 is 10.6 Å². The molecule has 2 aromatic carbocycles. The second-order valence-electron chi connectivity index (χ2n) is 4.73. The lowest BCUT2D eigenvalue weighted by atomic mass is 9.98. The summed E-state index contributed by atoms with van der Waals surface area (Å²) in [6.07, 6.45) is 0.988. The molecule has 0 atom stereocenters. The molecule has 104 valence electrons. The fraction of sp³-hybridized carbons (Fsp3) is 0.188. The summed E-state index contributed by atoms with van der Waals surface area (Å²) in [5, 5.41) is 6.24. The van der Waals surface area contributed by atoms with Gasteiger partial charge in [0.1, 0.15) is 0 Å². The summed E-state index contributed by atoms with van der Waals surface area (Å²) in [7, 11) is 0. The monoisotopic (exact) mass is 288 g/mol. The highest BCUT2D eigenvalue weighted by Gasteiger charge is 2.12. The third kappa shape index (κ3) is 3.18. The van der Waals surface area contributed by atoms with Gasteiger partial charge in [-0.3, -0.25) is 4.79 Å². The van der Waals surface area contributed by atoms with Gasteiger partial charge in [0.05, 0.1) is 0 Å². The maximum absolute atomic E-state index is 12.2. The molecular weight excluding hydrogens is 272 g/mol. The summed E-state index contributed by atoms with van der Waals surface area (Å²) in [4.78, 5) is 12.2. The Kier molecular flexibility index (Phi) is 4.77. The van der Waals surface area contributed by atoms with Gasteiger partial charge in [0.15, 0.2) is 0 Å². The van der Waals surface area contributed by atoms with Crippen molar-refractivity contribution in [2.75, 3.05) is 11.9 Å². The summed E-state index contributed by atoms with van der Waals surface area (Å²) in [5.74, 6) is -0.0486. The predicted molar refractivity (Wildman–Crippen MR) is 83.5 cm³/mol. The fourth-order valence-corrected chi connectivity index (χ4v) is 2.34. The molecule has 20 heavy (non-hydrogen) atoms. The van der Waals surface area contributed by atoms with Crippen molar-refractivity contribution >= 4 is 24.0 Å². The number of carbonyl (C=O) groups is 1. The van der Waals surface area contributed by atoms with Crippen LogP contribution in [0.5, 0.6) is 0 Å². The van der Waals surface area contributed by atoms with Gasteiger partial charge in [0.2, 0.25) is 0 Å². The van der Waals surface area contributed by atoms with Crippen molar-refractivity contribution < 1.29 is 4.79 Å². The van der Waals surface area contributed by atoms with Crippen molar-refractivity contribution in [3.63, 3.8) is 0 Å². The number of amides is 1. The summed E-state index contributed by atoms with van der Waals surface area (Å²) < 4.78 is 0. The molecule has 0 bridgehead atoms. The van der Waals surface area contributed by atoms with Gasteiger partial charge in [-0.05, 0) is 48.4 Å². The quantitative estimate of drug-likeness (QED) is 0.892. The molecule has 2 N–H and O–H groups in total. The van der Waals surface area contributed by atoms with Crippen LogP contribution in [-0.2, 0) is 13.0 Å². The molecule has 0 fully saturated rings. The second-order valence-corrected chi connectivity index (χ2v) is 4.73. The smallest absolute Gasteiger partial charge is 0.255 e. The molecule has 0 spiro atoms. The van der Waals surface area contributed by atoms with E-state index in [9.17, 15) is 4.79 Å². The third-order valence-corrected chi connectivity index (χ3v) is 3.39. The van der Waals surface area contributed by atoms with Gasteiger partial charge in [0.25, 0.3) is 5.91 Å². The van der Waals surface area contributed by atoms with Gasteiger partial charge in [-0.15, -0.1) is 12.4 Å². The normalized spacial score (nSPS) is 13.0. The molecule has 0 radical (unpaired) electrons. The lowest BCUT2D eigenvalue weighted by molar-refractivity contribution is 0.102. The first kappa shape index (κ1) is 14.6. The van der Waals surface area contributed by atoms with Gasteiger partial charge < -0.3 is 10.6 Å². The maximum atomic E-state index is 12.2. The van der Waals surface area contributed by atoms with Crippen LogP contribution in [0.15, 0.2) is 48.5 Å². The fourth-order valence-electron chi connectivity index (χ4n) is 2.34. The molecule has 0 unspecified atom stereocenters. The predicted octanol–water partition coefficient (Wildman–Crippen LogP) is 3.01. The standard InChI is InChI=1S/C16H16N2O.ClH/c19-16(18-15-4-2-1-3-5-15)13-6-7-14-11-17-9-8-12(14)10-13;/h1-7,10,17H,8-9,11H2,(H,18,19);1H. The molecule has 0 aliphatic carbocycles. The third-order valence-electron chi connectivity index (χ3n) is 3.39. The first-order valence-electron chi connectivity index (χ1n) is 6.52. The Hall–Kier alpha value is -1.84. The number of halogens is 1. The summed E-state index contributed by atoms with van der Waals surface area (Å²) in [5.41, 5.74) is 4.12. The molecule has 2 aromatic rings. The van der Waals surface area contributed by atoms with E-state index in [1.807, 2.05) is 48.5 Å². The minimum Gasteiger partial charge on any atom is -0.322 e. The van der Waals surface area contributed by atoms with Gasteiger partial charge in [0, 0.05) is 17.8 Å². The summed E-state index contributed by atoms with van der Waals surface area (Å²) >= 11 is 0. The van der Waals surface area contributed by atoms with Crippen LogP contribution in [-0.4, -0.2) is 12.5 Å². The van der Waals surface area contributed by atoms with Crippen molar-refractivity contribution in [2.45, 2.75) is 13.0 Å². The van der Waals surface area contributed by atoms with E-state index >= 15 is 0 Å². The number of para-hydroxylation sites is 1. The first-order chi connectivity index (χ1) is 9.33. The zero-order valence-corrected chi connectivity index (χ0v) is 11.9. The van der Waals surface area contributed by atoms with Gasteiger partial charge in [-0.2, -0.15) is 0 Å². The van der Waals surface area contributed by atoms with Gasteiger partial charge in [-0.1, -0.05) is 24.3 Å². The largest absolute Gasteiger partial charge is 0.322 e. The highest BCUT2D eigenvalue weighted by Crippen LogP contribution is 2.17. The lowest BCUT2D eigenvalue weighted by Gasteiger charge is -2.17. The SMILES string of the molecule is Cl.O=C(Nc1ccccc1)c1ccc2c(c1)CCNC2. The first-order valence-corrected chi connectivity index (χ1v) is 6.52. The van der Waals surface area contributed by atoms with E-state index in [1.54, 1.807) is 0 Å². The zero-order chi connectivity index (χ0) is 13.1. The summed E-state index contributed by atoms with van der Waals surface area (Å²) in [6, 6.07) is 15.5. The molecule has 0 saturated carbocycles. The van der Waals surface area contributed by atoms with E-state index in [2.05, 4.69) is 10.6 Å².